The van der Waals surface area contributed by atoms with Gasteiger partial charge < -0.3 is 10.2 Å². The van der Waals surface area contributed by atoms with Crippen LogP contribution in [0.15, 0.2) is 12.3 Å². The molecule has 1 aliphatic heterocycles. The summed E-state index contributed by atoms with van der Waals surface area (Å²) in [5, 5.41) is 7.89. The van der Waals surface area contributed by atoms with Crippen molar-refractivity contribution in [3.8, 4) is 0 Å². The van der Waals surface area contributed by atoms with E-state index < -0.39 is 0 Å². The average molecular weight is 250 g/mol. The second-order valence-electron chi connectivity index (χ2n) is 5.29. The van der Waals surface area contributed by atoms with Crippen LogP contribution in [0.25, 0.3) is 0 Å². The maximum absolute atomic E-state index is 4.23. The molecule has 4 heteroatoms. The summed E-state index contributed by atoms with van der Waals surface area (Å²) in [6.45, 7) is 7.03. The number of hydrogen-bond donors (Lipinski definition) is 1. The fourth-order valence-electron chi connectivity index (χ4n) is 2.74. The Morgan fingerprint density at radius 2 is 2.39 bits per heavy atom. The molecule has 2 rings (SSSR count). The Morgan fingerprint density at radius 3 is 3.11 bits per heavy atom. The highest BCUT2D eigenvalue weighted by Gasteiger charge is 2.16. The first-order valence-corrected chi connectivity index (χ1v) is 7.22. The largest absolute Gasteiger partial charge is 0.313 e. The molecule has 1 saturated heterocycles. The monoisotopic (exact) mass is 250 g/mol. The van der Waals surface area contributed by atoms with Gasteiger partial charge in [0.25, 0.3) is 0 Å². The summed E-state index contributed by atoms with van der Waals surface area (Å²) in [6, 6.07) is 2.81. The molecule has 1 aliphatic rings. The molecule has 18 heavy (non-hydrogen) atoms. The molecule has 0 saturated carbocycles. The third-order valence-electron chi connectivity index (χ3n) is 3.81. The Hall–Kier alpha value is -0.870. The van der Waals surface area contributed by atoms with E-state index in [1.807, 2.05) is 17.9 Å². The van der Waals surface area contributed by atoms with Crippen LogP contribution in [0.5, 0.6) is 0 Å². The minimum absolute atomic E-state index is 0.684. The molecule has 0 aliphatic carbocycles. The first kappa shape index (κ1) is 13.6. The number of nitrogens with zero attached hydrogens (tertiary/aromatic N) is 3. The molecule has 0 aromatic carbocycles. The molecule has 102 valence electrons. The summed E-state index contributed by atoms with van der Waals surface area (Å²) in [5.41, 5.74) is 1.33. The summed E-state index contributed by atoms with van der Waals surface area (Å²) in [7, 11) is 2.03. The lowest BCUT2D eigenvalue weighted by Crippen LogP contribution is -2.38. The third-order valence-corrected chi connectivity index (χ3v) is 3.81. The van der Waals surface area contributed by atoms with Gasteiger partial charge in [0, 0.05) is 44.5 Å². The summed E-state index contributed by atoms with van der Waals surface area (Å²) in [5.74, 6) is 0. The van der Waals surface area contributed by atoms with Gasteiger partial charge in [-0.3, -0.25) is 4.68 Å². The minimum Gasteiger partial charge on any atom is -0.313 e. The number of hydrogen-bond acceptors (Lipinski definition) is 3. The Kier molecular flexibility index (Phi) is 5.20. The van der Waals surface area contributed by atoms with E-state index in [1.54, 1.807) is 0 Å². The molecular formula is C14H26N4. The normalized spacial score (nSPS) is 22.0. The van der Waals surface area contributed by atoms with Crippen molar-refractivity contribution in [1.29, 1.82) is 0 Å². The van der Waals surface area contributed by atoms with Gasteiger partial charge in [-0.25, -0.2) is 0 Å². The highest BCUT2D eigenvalue weighted by atomic mass is 15.3. The Labute approximate surface area is 110 Å². The smallest absolute Gasteiger partial charge is 0.0492 e. The molecule has 4 nitrogen and oxygen atoms in total. The molecule has 1 aromatic heterocycles. The highest BCUT2D eigenvalue weighted by Crippen LogP contribution is 2.07. The third kappa shape index (κ3) is 3.82. The van der Waals surface area contributed by atoms with E-state index in [0.717, 1.165) is 13.0 Å². The van der Waals surface area contributed by atoms with Crippen LogP contribution in [0.1, 0.15) is 31.9 Å². The fourth-order valence-corrected chi connectivity index (χ4v) is 2.74. The molecule has 0 radical (unpaired) electrons. The van der Waals surface area contributed by atoms with Crippen LogP contribution in [0.3, 0.4) is 0 Å². The lowest BCUT2D eigenvalue weighted by molar-refractivity contribution is 0.264. The van der Waals surface area contributed by atoms with Gasteiger partial charge >= 0.3 is 0 Å². The Balaban J connectivity index is 1.82. The summed E-state index contributed by atoms with van der Waals surface area (Å²) in [4.78, 5) is 2.60. The van der Waals surface area contributed by atoms with Gasteiger partial charge in [0.05, 0.1) is 0 Å². The van der Waals surface area contributed by atoms with Crippen molar-refractivity contribution >= 4 is 0 Å². The van der Waals surface area contributed by atoms with Crippen LogP contribution in [0, 0.1) is 0 Å². The molecular weight excluding hydrogens is 224 g/mol. The second-order valence-corrected chi connectivity index (χ2v) is 5.29. The molecule has 2 heterocycles. The van der Waals surface area contributed by atoms with Crippen LogP contribution in [-0.4, -0.2) is 46.9 Å². The predicted molar refractivity (Wildman–Crippen MR) is 74.7 cm³/mol. The molecule has 1 aromatic rings. The molecule has 0 spiro atoms. The molecule has 1 fully saturated rings. The van der Waals surface area contributed by atoms with E-state index in [-0.39, 0.29) is 0 Å². The van der Waals surface area contributed by atoms with Crippen molar-refractivity contribution in [3.05, 3.63) is 18.0 Å². The number of rotatable bonds is 5. The highest BCUT2D eigenvalue weighted by molar-refractivity contribution is 5.00. The molecule has 1 unspecified atom stereocenters. The van der Waals surface area contributed by atoms with Crippen molar-refractivity contribution in [2.24, 2.45) is 7.05 Å². The number of aromatic nitrogens is 2. The van der Waals surface area contributed by atoms with Gasteiger partial charge in [-0.1, -0.05) is 13.3 Å². The van der Waals surface area contributed by atoms with Crippen molar-refractivity contribution in [1.82, 2.24) is 20.0 Å². The quantitative estimate of drug-likeness (QED) is 0.858. The van der Waals surface area contributed by atoms with Crippen molar-refractivity contribution in [3.63, 3.8) is 0 Å². The van der Waals surface area contributed by atoms with E-state index in [9.17, 15) is 0 Å². The molecule has 1 atom stereocenters. The first-order chi connectivity index (χ1) is 8.79. The molecule has 0 amide bonds. The van der Waals surface area contributed by atoms with E-state index in [4.69, 9.17) is 0 Å². The number of aryl methyl sites for hydroxylation is 1. The van der Waals surface area contributed by atoms with E-state index >= 15 is 0 Å². The van der Waals surface area contributed by atoms with Gasteiger partial charge in [0.2, 0.25) is 0 Å². The zero-order valence-corrected chi connectivity index (χ0v) is 11.7. The Bertz CT molecular complexity index is 347. The average Bonchev–Trinajstić information content (AvgIpc) is 2.63. The SMILES string of the molecule is CCCC1CN(CCc2ccnn2C)CCCN1. The lowest BCUT2D eigenvalue weighted by Gasteiger charge is -2.24. The summed E-state index contributed by atoms with van der Waals surface area (Å²) < 4.78 is 1.99. The first-order valence-electron chi connectivity index (χ1n) is 7.22. The fraction of sp³-hybridized carbons (Fsp3) is 0.786. The van der Waals surface area contributed by atoms with Crippen LogP contribution in [-0.2, 0) is 13.5 Å². The second kappa shape index (κ2) is 6.90. The maximum atomic E-state index is 4.23. The summed E-state index contributed by atoms with van der Waals surface area (Å²) in [6.07, 6.45) is 6.83. The van der Waals surface area contributed by atoms with Gasteiger partial charge in [-0.2, -0.15) is 5.10 Å². The minimum atomic E-state index is 0.684. The van der Waals surface area contributed by atoms with Crippen molar-refractivity contribution in [2.45, 2.75) is 38.6 Å². The summed E-state index contributed by atoms with van der Waals surface area (Å²) >= 11 is 0. The zero-order valence-electron chi connectivity index (χ0n) is 11.7. The van der Waals surface area contributed by atoms with Gasteiger partial charge in [-0.05, 0) is 32.0 Å². The lowest BCUT2D eigenvalue weighted by atomic mass is 10.1. The van der Waals surface area contributed by atoms with Gasteiger partial charge in [-0.15, -0.1) is 0 Å². The van der Waals surface area contributed by atoms with E-state index in [0.29, 0.717) is 6.04 Å². The Morgan fingerprint density at radius 1 is 1.50 bits per heavy atom. The van der Waals surface area contributed by atoms with Crippen LogP contribution in [0.2, 0.25) is 0 Å². The maximum Gasteiger partial charge on any atom is 0.0492 e. The topological polar surface area (TPSA) is 33.1 Å². The van der Waals surface area contributed by atoms with Crippen molar-refractivity contribution in [2.75, 3.05) is 26.2 Å². The molecule has 0 bridgehead atoms. The molecule has 1 N–H and O–H groups in total. The van der Waals surface area contributed by atoms with E-state index in [2.05, 4.69) is 28.3 Å². The van der Waals surface area contributed by atoms with Crippen LogP contribution < -0.4 is 5.32 Å². The predicted octanol–water partition coefficient (Wildman–Crippen LogP) is 1.43. The standard InChI is InChI=1S/C14H26N4/c1-3-5-13-12-18(10-4-8-15-13)11-7-14-6-9-16-17(14)2/h6,9,13,15H,3-5,7-8,10-12H2,1-2H3. The van der Waals surface area contributed by atoms with Crippen LogP contribution >= 0.6 is 0 Å². The van der Waals surface area contributed by atoms with Crippen molar-refractivity contribution < 1.29 is 0 Å². The van der Waals surface area contributed by atoms with Gasteiger partial charge in [0.15, 0.2) is 0 Å². The number of nitrogens with one attached hydrogen (secondary N) is 1. The zero-order chi connectivity index (χ0) is 12.8. The van der Waals surface area contributed by atoms with Crippen LogP contribution in [0.4, 0.5) is 0 Å². The van der Waals surface area contributed by atoms with Gasteiger partial charge in [0.1, 0.15) is 0 Å². The van der Waals surface area contributed by atoms with E-state index in [1.165, 1.54) is 44.6 Å².